The van der Waals surface area contributed by atoms with Crippen LogP contribution in [0, 0.1) is 20.2 Å². The van der Waals surface area contributed by atoms with Gasteiger partial charge in [0.15, 0.2) is 0 Å². The first-order chi connectivity index (χ1) is 25.8. The number of nitrogens with one attached hydrogen (secondary N) is 1. The van der Waals surface area contributed by atoms with E-state index in [0.29, 0.717) is 10.0 Å². The Morgan fingerprint density at radius 3 is 2.02 bits per heavy atom. The highest BCUT2D eigenvalue weighted by atomic mass is 79.9. The van der Waals surface area contributed by atoms with Crippen molar-refractivity contribution in [2.24, 2.45) is 0 Å². The Morgan fingerprint density at radius 2 is 1.33 bits per heavy atom. The summed E-state index contributed by atoms with van der Waals surface area (Å²) >= 11 is 3.24. The standard InChI is InChI=1S/C18H12N2O2.C15H19BO2.C10H6BrNO2/c21-20(22)17-8-6-12-3-1-2-4-15(12)18(17)14-5-7-16-13(11-14)9-10-19-16;1-14(2)15(3,4)18-16(17-14)13-9-8-11-6-5-7-12(11)10-13;11-10-8-4-2-1-3-7(8)5-6-9(10)12(13)14/h1-11,19H;5,7-10H,6H2,1-4H3;1-6H. The fourth-order valence-corrected chi connectivity index (χ4v) is 7.32. The van der Waals surface area contributed by atoms with Crippen LogP contribution in [-0.4, -0.2) is 33.2 Å². The quantitative estimate of drug-likeness (QED) is 0.108. The lowest BCUT2D eigenvalue weighted by Crippen LogP contribution is -2.41. The number of nitro benzene ring substituents is 2. The fraction of sp³-hybridized carbons (Fsp3) is 0.163. The number of aromatic nitrogens is 1. The number of H-pyrrole nitrogens is 1. The predicted molar refractivity (Wildman–Crippen MR) is 221 cm³/mol. The lowest BCUT2D eigenvalue weighted by Gasteiger charge is -2.32. The molecule has 54 heavy (non-hydrogen) atoms. The van der Waals surface area contributed by atoms with E-state index < -0.39 is 4.92 Å². The van der Waals surface area contributed by atoms with E-state index in [1.165, 1.54) is 17.2 Å². The number of aromatic amines is 1. The van der Waals surface area contributed by atoms with Crippen LogP contribution in [0.3, 0.4) is 0 Å². The first-order valence-electron chi connectivity index (χ1n) is 17.5. The molecule has 0 atom stereocenters. The highest BCUT2D eigenvalue weighted by molar-refractivity contribution is 9.10. The predicted octanol–water partition coefficient (Wildman–Crippen LogP) is 11.0. The van der Waals surface area contributed by atoms with Gasteiger partial charge in [-0.25, -0.2) is 0 Å². The van der Waals surface area contributed by atoms with E-state index in [9.17, 15) is 20.2 Å². The van der Waals surface area contributed by atoms with Crippen molar-refractivity contribution < 1.29 is 19.2 Å². The third kappa shape index (κ3) is 7.18. The third-order valence-electron chi connectivity index (χ3n) is 10.3. The van der Waals surface area contributed by atoms with Crippen LogP contribution in [0.15, 0.2) is 132 Å². The Balaban J connectivity index is 0.000000128. The van der Waals surface area contributed by atoms with Gasteiger partial charge in [-0.1, -0.05) is 84.9 Å². The fourth-order valence-electron chi connectivity index (χ4n) is 6.68. The summed E-state index contributed by atoms with van der Waals surface area (Å²) in [6, 6.07) is 36.2. The zero-order chi connectivity index (χ0) is 38.2. The van der Waals surface area contributed by atoms with Gasteiger partial charge >= 0.3 is 7.12 Å². The maximum Gasteiger partial charge on any atom is 0.494 e. The molecule has 0 amide bonds. The Labute approximate surface area is 321 Å². The number of hydrogen-bond acceptors (Lipinski definition) is 6. The normalized spacial score (nSPS) is 15.0. The summed E-state index contributed by atoms with van der Waals surface area (Å²) in [5.74, 6) is 0. The van der Waals surface area contributed by atoms with Crippen molar-refractivity contribution in [3.8, 4) is 11.1 Å². The second-order valence-electron chi connectivity index (χ2n) is 14.2. The Bertz CT molecular complexity index is 2580. The molecular formula is C43H37BBrN3O6. The Hall–Kier alpha value is -5.62. The molecule has 2 aliphatic rings. The number of nitro groups is 2. The minimum Gasteiger partial charge on any atom is -0.399 e. The molecule has 1 aromatic heterocycles. The third-order valence-corrected chi connectivity index (χ3v) is 11.1. The van der Waals surface area contributed by atoms with Gasteiger partial charge < -0.3 is 14.3 Å². The lowest BCUT2D eigenvalue weighted by molar-refractivity contribution is -0.385. The smallest absolute Gasteiger partial charge is 0.399 e. The van der Waals surface area contributed by atoms with Crippen LogP contribution >= 0.6 is 15.9 Å². The molecule has 2 heterocycles. The van der Waals surface area contributed by atoms with E-state index in [0.717, 1.165) is 49.9 Å². The summed E-state index contributed by atoms with van der Waals surface area (Å²) in [7, 11) is -0.255. The zero-order valence-corrected chi connectivity index (χ0v) is 31.8. The molecule has 0 spiro atoms. The summed E-state index contributed by atoms with van der Waals surface area (Å²) in [5, 5.41) is 26.9. The van der Waals surface area contributed by atoms with Crippen LogP contribution in [-0.2, 0) is 15.7 Å². The number of fused-ring (bicyclic) bond motifs is 4. The average molecular weight is 783 g/mol. The SMILES string of the molecule is CC1(C)OB(c2ccc3c(c2)C=CC3)OC1(C)C.O=[N+]([O-])c1ccc2ccccc2c1-c1ccc2[nH]ccc2c1.O=[N+]([O-])c1ccc2ccccc2c1Br. The van der Waals surface area contributed by atoms with Gasteiger partial charge in [0.1, 0.15) is 4.47 Å². The molecule has 1 aliphatic heterocycles. The van der Waals surface area contributed by atoms with Gasteiger partial charge in [0.2, 0.25) is 0 Å². The van der Waals surface area contributed by atoms with Crippen LogP contribution in [0.4, 0.5) is 11.4 Å². The molecule has 9 rings (SSSR count). The van der Waals surface area contributed by atoms with Gasteiger partial charge in [0, 0.05) is 29.2 Å². The molecule has 0 unspecified atom stereocenters. The van der Waals surface area contributed by atoms with E-state index in [-0.39, 0.29) is 34.6 Å². The first kappa shape index (κ1) is 36.7. The van der Waals surface area contributed by atoms with Gasteiger partial charge in [0.25, 0.3) is 11.4 Å². The Morgan fingerprint density at radius 1 is 0.704 bits per heavy atom. The second-order valence-corrected chi connectivity index (χ2v) is 15.0. The van der Waals surface area contributed by atoms with Crippen LogP contribution in [0.2, 0.25) is 0 Å². The highest BCUT2D eigenvalue weighted by Gasteiger charge is 2.51. The summed E-state index contributed by atoms with van der Waals surface area (Å²) in [6.45, 7) is 8.33. The zero-order valence-electron chi connectivity index (χ0n) is 30.2. The molecule has 11 heteroatoms. The molecular weight excluding hydrogens is 745 g/mol. The van der Waals surface area contributed by atoms with E-state index >= 15 is 0 Å². The maximum atomic E-state index is 11.5. The molecule has 1 fully saturated rings. The van der Waals surface area contributed by atoms with Crippen LogP contribution in [0.5, 0.6) is 0 Å². The topological polar surface area (TPSA) is 121 Å². The molecule has 9 nitrogen and oxygen atoms in total. The minimum atomic E-state index is -0.392. The van der Waals surface area contributed by atoms with Gasteiger partial charge in [-0.05, 0) is 124 Å². The molecule has 0 saturated carbocycles. The largest absolute Gasteiger partial charge is 0.494 e. The van der Waals surface area contributed by atoms with Crippen LogP contribution in [0.1, 0.15) is 38.8 Å². The van der Waals surface area contributed by atoms with Crippen molar-refractivity contribution in [2.75, 3.05) is 0 Å². The molecule has 1 saturated heterocycles. The van der Waals surface area contributed by atoms with Crippen molar-refractivity contribution in [3.05, 3.63) is 163 Å². The van der Waals surface area contributed by atoms with Crippen molar-refractivity contribution in [1.82, 2.24) is 4.98 Å². The summed E-state index contributed by atoms with van der Waals surface area (Å²) in [4.78, 5) is 24.5. The molecule has 0 radical (unpaired) electrons. The summed E-state index contributed by atoms with van der Waals surface area (Å²) in [5.41, 5.74) is 6.03. The highest BCUT2D eigenvalue weighted by Crippen LogP contribution is 2.39. The summed E-state index contributed by atoms with van der Waals surface area (Å²) < 4.78 is 12.7. The molecule has 270 valence electrons. The van der Waals surface area contributed by atoms with Crippen molar-refractivity contribution in [3.63, 3.8) is 0 Å². The van der Waals surface area contributed by atoms with E-state index in [4.69, 9.17) is 9.31 Å². The minimum absolute atomic E-state index is 0.101. The van der Waals surface area contributed by atoms with Gasteiger partial charge in [-0.2, -0.15) is 0 Å². The Kier molecular flexibility index (Phi) is 9.97. The molecule has 1 aliphatic carbocycles. The summed E-state index contributed by atoms with van der Waals surface area (Å²) in [6.07, 6.45) is 7.27. The van der Waals surface area contributed by atoms with E-state index in [2.05, 4.69) is 79.0 Å². The van der Waals surface area contributed by atoms with E-state index in [1.807, 2.05) is 79.0 Å². The molecule has 6 aromatic carbocycles. The molecule has 7 aromatic rings. The number of halogens is 1. The number of rotatable bonds is 4. The number of benzene rings is 6. The lowest BCUT2D eigenvalue weighted by atomic mass is 9.78. The first-order valence-corrected chi connectivity index (χ1v) is 18.3. The van der Waals surface area contributed by atoms with Gasteiger partial charge in [-0.3, -0.25) is 20.2 Å². The van der Waals surface area contributed by atoms with Crippen LogP contribution in [0.25, 0.3) is 49.7 Å². The second kappa shape index (κ2) is 14.7. The number of nitrogens with zero attached hydrogens (tertiary/aromatic N) is 2. The van der Waals surface area contributed by atoms with Gasteiger partial charge in [0.05, 0.1) is 26.6 Å². The van der Waals surface area contributed by atoms with Crippen molar-refractivity contribution in [2.45, 2.75) is 45.3 Å². The van der Waals surface area contributed by atoms with Crippen LogP contribution < -0.4 is 5.46 Å². The maximum absolute atomic E-state index is 11.5. The van der Waals surface area contributed by atoms with Crippen molar-refractivity contribution in [1.29, 1.82) is 0 Å². The average Bonchev–Trinajstić information content (AvgIpc) is 3.88. The van der Waals surface area contributed by atoms with Crippen molar-refractivity contribution >= 4 is 78.4 Å². The number of allylic oxidation sites excluding steroid dienone is 1. The van der Waals surface area contributed by atoms with Gasteiger partial charge in [-0.15, -0.1) is 0 Å². The monoisotopic (exact) mass is 781 g/mol. The molecule has 1 N–H and O–H groups in total. The number of hydrogen-bond donors (Lipinski definition) is 1. The molecule has 0 bridgehead atoms. The van der Waals surface area contributed by atoms with E-state index in [1.54, 1.807) is 18.2 Å².